The Morgan fingerprint density at radius 2 is 1.76 bits per heavy atom. The second-order valence-corrected chi connectivity index (χ2v) is 9.39. The van der Waals surface area contributed by atoms with Crippen LogP contribution in [-0.2, 0) is 20.7 Å². The Morgan fingerprint density at radius 1 is 1.05 bits per heavy atom. The highest BCUT2D eigenvalue weighted by molar-refractivity contribution is 8.15. The molecule has 190 valence electrons. The van der Waals surface area contributed by atoms with Gasteiger partial charge in [-0.05, 0) is 55.3 Å². The van der Waals surface area contributed by atoms with Gasteiger partial charge in [0, 0.05) is 13.0 Å². The minimum atomic E-state index is -0.780. The largest absolute Gasteiger partial charge is 0.462 e. The maximum Gasteiger partial charge on any atom is 0.338 e. The lowest BCUT2D eigenvalue weighted by Crippen LogP contribution is -2.46. The van der Waals surface area contributed by atoms with Crippen molar-refractivity contribution < 1.29 is 23.5 Å². The van der Waals surface area contributed by atoms with E-state index in [9.17, 15) is 18.8 Å². The summed E-state index contributed by atoms with van der Waals surface area (Å²) in [5.74, 6) is -1.71. The number of nitrogens with zero attached hydrogens (tertiary/aromatic N) is 2. The van der Waals surface area contributed by atoms with E-state index in [-0.39, 0.29) is 24.6 Å². The first-order chi connectivity index (χ1) is 17.9. The molecule has 0 radical (unpaired) electrons. The highest BCUT2D eigenvalue weighted by atomic mass is 32.2. The number of hydrogen-bond acceptors (Lipinski definition) is 6. The average molecular weight is 520 g/mol. The normalized spacial score (nSPS) is 16.5. The first kappa shape index (κ1) is 26.1. The Kier molecular flexibility index (Phi) is 8.68. The lowest BCUT2D eigenvalue weighted by atomic mass is 10.1. The molecule has 1 saturated heterocycles. The molecule has 2 amide bonds. The summed E-state index contributed by atoms with van der Waals surface area (Å²) in [7, 11) is 0. The number of carbonyl (C=O) groups is 3. The van der Waals surface area contributed by atoms with Gasteiger partial charge in [0.05, 0.1) is 23.5 Å². The van der Waals surface area contributed by atoms with Gasteiger partial charge < -0.3 is 10.1 Å². The van der Waals surface area contributed by atoms with Gasteiger partial charge in [-0.15, -0.1) is 0 Å². The summed E-state index contributed by atoms with van der Waals surface area (Å²) >= 11 is 1.15. The molecule has 1 fully saturated rings. The molecule has 0 bridgehead atoms. The van der Waals surface area contributed by atoms with Crippen molar-refractivity contribution in [1.29, 1.82) is 0 Å². The number of amidine groups is 1. The van der Waals surface area contributed by atoms with E-state index >= 15 is 0 Å². The molecule has 1 unspecified atom stereocenters. The minimum absolute atomic E-state index is 0.0411. The summed E-state index contributed by atoms with van der Waals surface area (Å²) in [6, 6.07) is 22.2. The fraction of sp³-hybridized carbons (Fsp3) is 0.214. The molecule has 9 heteroatoms. The summed E-state index contributed by atoms with van der Waals surface area (Å²) in [4.78, 5) is 44.3. The maximum atomic E-state index is 14.1. The number of carbonyl (C=O) groups excluding carboxylic acids is 3. The second kappa shape index (κ2) is 12.3. The molecule has 1 atom stereocenters. The Morgan fingerprint density at radius 3 is 2.46 bits per heavy atom. The van der Waals surface area contributed by atoms with E-state index in [1.54, 1.807) is 42.2 Å². The van der Waals surface area contributed by atoms with Gasteiger partial charge in [0.15, 0.2) is 5.17 Å². The minimum Gasteiger partial charge on any atom is -0.462 e. The Bertz CT molecular complexity index is 1300. The third-order valence-corrected chi connectivity index (χ3v) is 6.82. The van der Waals surface area contributed by atoms with Crippen molar-refractivity contribution in [2.75, 3.05) is 18.5 Å². The predicted molar refractivity (Wildman–Crippen MR) is 142 cm³/mol. The molecule has 7 nitrogen and oxygen atoms in total. The third kappa shape index (κ3) is 6.83. The van der Waals surface area contributed by atoms with Crippen LogP contribution in [0.25, 0.3) is 0 Å². The zero-order valence-corrected chi connectivity index (χ0v) is 21.0. The summed E-state index contributed by atoms with van der Waals surface area (Å²) in [6.07, 6.45) is 0.570. The predicted octanol–water partition coefficient (Wildman–Crippen LogP) is 5.21. The number of anilines is 1. The monoisotopic (exact) mass is 519 g/mol. The number of benzene rings is 3. The summed E-state index contributed by atoms with van der Waals surface area (Å²) in [6.45, 7) is 2.39. The van der Waals surface area contributed by atoms with E-state index in [0.717, 1.165) is 17.3 Å². The molecule has 4 rings (SSSR count). The van der Waals surface area contributed by atoms with Gasteiger partial charge in [0.1, 0.15) is 11.1 Å². The molecular formula is C28H26FN3O4S. The number of thioether (sulfide) groups is 1. The van der Waals surface area contributed by atoms with Gasteiger partial charge in [0.2, 0.25) is 11.8 Å². The Balaban J connectivity index is 1.57. The molecule has 0 aromatic heterocycles. The van der Waals surface area contributed by atoms with Crippen LogP contribution < -0.4 is 5.32 Å². The van der Waals surface area contributed by atoms with Crippen molar-refractivity contribution in [2.24, 2.45) is 4.99 Å². The van der Waals surface area contributed by atoms with Crippen LogP contribution in [0.1, 0.15) is 29.3 Å². The number of nitrogens with one attached hydrogen (secondary N) is 1. The van der Waals surface area contributed by atoms with Crippen LogP contribution in [0, 0.1) is 5.82 Å². The van der Waals surface area contributed by atoms with Crippen molar-refractivity contribution >= 4 is 46.1 Å². The fourth-order valence-electron chi connectivity index (χ4n) is 3.72. The first-order valence-corrected chi connectivity index (χ1v) is 12.7. The molecule has 1 heterocycles. The molecule has 1 N–H and O–H groups in total. The number of hydrogen-bond donors (Lipinski definition) is 1. The maximum absolute atomic E-state index is 14.1. The van der Waals surface area contributed by atoms with E-state index in [4.69, 9.17) is 4.74 Å². The van der Waals surface area contributed by atoms with E-state index in [2.05, 4.69) is 10.3 Å². The molecule has 1 aliphatic rings. The molecule has 0 saturated carbocycles. The second-order valence-electron chi connectivity index (χ2n) is 8.22. The number of para-hydroxylation sites is 1. The van der Waals surface area contributed by atoms with Gasteiger partial charge >= 0.3 is 5.97 Å². The summed E-state index contributed by atoms with van der Waals surface area (Å²) in [5, 5.41) is 2.16. The highest BCUT2D eigenvalue weighted by Crippen LogP contribution is 2.30. The van der Waals surface area contributed by atoms with Crippen molar-refractivity contribution in [1.82, 2.24) is 4.90 Å². The Hall–Kier alpha value is -3.98. The van der Waals surface area contributed by atoms with Crippen LogP contribution in [0.5, 0.6) is 0 Å². The fourth-order valence-corrected chi connectivity index (χ4v) is 4.84. The zero-order valence-electron chi connectivity index (χ0n) is 20.2. The average Bonchev–Trinajstić information content (AvgIpc) is 2.90. The number of amides is 2. The standard InChI is InChI=1S/C28H26FN3O4S/c1-2-36-27(35)20-12-14-21(15-13-20)30-28-32(17-16-19-8-4-3-5-9-19)25(33)18-24(37-28)26(34)31-23-11-7-6-10-22(23)29/h3-15,24H,2,16-18H2,1H3,(H,31,34). The van der Waals surface area contributed by atoms with Crippen molar-refractivity contribution in [3.8, 4) is 0 Å². The van der Waals surface area contributed by atoms with Crippen molar-refractivity contribution in [2.45, 2.75) is 25.0 Å². The SMILES string of the molecule is CCOC(=O)c1ccc(N=C2SC(C(=O)Nc3ccccc3F)CC(=O)N2CCc2ccccc2)cc1. The molecule has 3 aromatic carbocycles. The van der Waals surface area contributed by atoms with E-state index in [1.807, 2.05) is 30.3 Å². The molecule has 0 spiro atoms. The van der Waals surface area contributed by atoms with Crippen LogP contribution in [-0.4, -0.2) is 46.3 Å². The number of rotatable bonds is 8. The third-order valence-electron chi connectivity index (χ3n) is 5.63. The number of aliphatic imine (C=N–C) groups is 1. The number of halogens is 1. The van der Waals surface area contributed by atoms with E-state index < -0.39 is 22.9 Å². The van der Waals surface area contributed by atoms with Gasteiger partial charge in [0.25, 0.3) is 0 Å². The topological polar surface area (TPSA) is 88.1 Å². The number of ether oxygens (including phenoxy) is 1. The Labute approximate surface area is 218 Å². The molecule has 0 aliphatic carbocycles. The van der Waals surface area contributed by atoms with E-state index in [0.29, 0.717) is 29.4 Å². The highest BCUT2D eigenvalue weighted by Gasteiger charge is 2.36. The smallest absolute Gasteiger partial charge is 0.338 e. The lowest BCUT2D eigenvalue weighted by molar-refractivity contribution is -0.129. The number of esters is 1. The van der Waals surface area contributed by atoms with Gasteiger partial charge in [-0.3, -0.25) is 14.5 Å². The van der Waals surface area contributed by atoms with Crippen molar-refractivity contribution in [3.63, 3.8) is 0 Å². The molecule has 1 aliphatic heterocycles. The quantitative estimate of drug-likeness (QED) is 0.413. The van der Waals surface area contributed by atoms with Crippen LogP contribution >= 0.6 is 11.8 Å². The van der Waals surface area contributed by atoms with Crippen LogP contribution in [0.15, 0.2) is 83.9 Å². The first-order valence-electron chi connectivity index (χ1n) is 11.9. The van der Waals surface area contributed by atoms with Crippen LogP contribution in [0.4, 0.5) is 15.8 Å². The molecular weight excluding hydrogens is 493 g/mol. The summed E-state index contributed by atoms with van der Waals surface area (Å²) < 4.78 is 19.1. The van der Waals surface area contributed by atoms with Crippen LogP contribution in [0.3, 0.4) is 0 Å². The summed E-state index contributed by atoms with van der Waals surface area (Å²) in [5.41, 5.74) is 2.03. The van der Waals surface area contributed by atoms with E-state index in [1.165, 1.54) is 18.2 Å². The van der Waals surface area contributed by atoms with Gasteiger partial charge in [-0.25, -0.2) is 14.2 Å². The van der Waals surface area contributed by atoms with Crippen molar-refractivity contribution in [3.05, 3.63) is 95.8 Å². The van der Waals surface area contributed by atoms with Crippen LogP contribution in [0.2, 0.25) is 0 Å². The molecule has 37 heavy (non-hydrogen) atoms. The van der Waals surface area contributed by atoms with Gasteiger partial charge in [-0.2, -0.15) is 0 Å². The lowest BCUT2D eigenvalue weighted by Gasteiger charge is -2.32. The zero-order chi connectivity index (χ0) is 26.2. The van der Waals surface area contributed by atoms with Gasteiger partial charge in [-0.1, -0.05) is 54.2 Å². The molecule has 3 aromatic rings.